The van der Waals surface area contributed by atoms with E-state index in [1.54, 1.807) is 0 Å². The van der Waals surface area contributed by atoms with Gasteiger partial charge in [0.1, 0.15) is 0 Å². The molecule has 1 aliphatic carbocycles. The SMILES string of the molecule is CC=C(C)[C@H]1CC=C(C)C(=O)C1. The van der Waals surface area contributed by atoms with Gasteiger partial charge in [0.25, 0.3) is 0 Å². The number of carbonyl (C=O) groups is 1. The average Bonchev–Trinajstić information content (AvgIpc) is 2.08. The van der Waals surface area contributed by atoms with Crippen LogP contribution in [0.15, 0.2) is 23.3 Å². The molecular weight excluding hydrogens is 148 g/mol. The first-order valence-electron chi connectivity index (χ1n) is 4.48. The maximum absolute atomic E-state index is 11.3. The Balaban J connectivity index is 2.72. The highest BCUT2D eigenvalue weighted by molar-refractivity contribution is 5.95. The Labute approximate surface area is 74.2 Å². The Hall–Kier alpha value is -0.850. The van der Waals surface area contributed by atoms with Gasteiger partial charge in [-0.3, -0.25) is 4.79 Å². The van der Waals surface area contributed by atoms with Crippen LogP contribution in [-0.2, 0) is 4.79 Å². The Bertz CT molecular complexity index is 246. The quantitative estimate of drug-likeness (QED) is 0.545. The molecule has 1 heteroatoms. The summed E-state index contributed by atoms with van der Waals surface area (Å²) in [5, 5.41) is 0. The minimum atomic E-state index is 0.312. The summed E-state index contributed by atoms with van der Waals surface area (Å²) in [6, 6.07) is 0. The van der Waals surface area contributed by atoms with Crippen molar-refractivity contribution in [2.45, 2.75) is 33.6 Å². The van der Waals surface area contributed by atoms with E-state index in [-0.39, 0.29) is 0 Å². The van der Waals surface area contributed by atoms with Crippen LogP contribution in [0.4, 0.5) is 0 Å². The molecule has 0 N–H and O–H groups in total. The van der Waals surface area contributed by atoms with Crippen LogP contribution in [0.2, 0.25) is 0 Å². The second kappa shape index (κ2) is 3.70. The Kier molecular flexibility index (Phi) is 2.85. The van der Waals surface area contributed by atoms with E-state index in [2.05, 4.69) is 19.1 Å². The van der Waals surface area contributed by atoms with E-state index < -0.39 is 0 Å². The standard InChI is InChI=1S/C11H16O/c1-4-8(2)10-6-5-9(3)11(12)7-10/h4-5,10H,6-7H2,1-3H3/t10-/m0/s1. The number of ketones is 1. The van der Waals surface area contributed by atoms with Crippen molar-refractivity contribution in [3.8, 4) is 0 Å². The predicted octanol–water partition coefficient (Wildman–Crippen LogP) is 2.88. The number of Topliss-reactive ketones (excluding diaryl/α,β-unsaturated/α-hetero) is 1. The summed E-state index contributed by atoms with van der Waals surface area (Å²) < 4.78 is 0. The summed E-state index contributed by atoms with van der Waals surface area (Å²) in [5.41, 5.74) is 2.28. The van der Waals surface area contributed by atoms with Crippen molar-refractivity contribution in [3.05, 3.63) is 23.3 Å². The molecule has 1 aliphatic rings. The smallest absolute Gasteiger partial charge is 0.158 e. The average molecular weight is 164 g/mol. The molecule has 0 aromatic carbocycles. The summed E-state index contributed by atoms with van der Waals surface area (Å²) >= 11 is 0. The van der Waals surface area contributed by atoms with Crippen LogP contribution in [-0.4, -0.2) is 5.78 Å². The highest BCUT2D eigenvalue weighted by Gasteiger charge is 2.19. The summed E-state index contributed by atoms with van der Waals surface area (Å²) in [5.74, 6) is 0.777. The van der Waals surface area contributed by atoms with E-state index >= 15 is 0 Å². The van der Waals surface area contributed by atoms with Gasteiger partial charge < -0.3 is 0 Å². The van der Waals surface area contributed by atoms with Crippen LogP contribution >= 0.6 is 0 Å². The van der Waals surface area contributed by atoms with Crippen molar-refractivity contribution in [2.24, 2.45) is 5.92 Å². The summed E-state index contributed by atoms with van der Waals surface area (Å²) in [4.78, 5) is 11.3. The molecule has 1 nitrogen and oxygen atoms in total. The third kappa shape index (κ3) is 1.84. The molecule has 0 saturated carbocycles. The molecular formula is C11H16O. The fraction of sp³-hybridized carbons (Fsp3) is 0.545. The van der Waals surface area contributed by atoms with E-state index in [0.717, 1.165) is 12.0 Å². The van der Waals surface area contributed by atoms with Crippen molar-refractivity contribution in [2.75, 3.05) is 0 Å². The normalized spacial score (nSPS) is 25.6. The maximum atomic E-state index is 11.3. The Morgan fingerprint density at radius 2 is 2.33 bits per heavy atom. The zero-order valence-corrected chi connectivity index (χ0v) is 8.05. The number of hydrogen-bond donors (Lipinski definition) is 0. The van der Waals surface area contributed by atoms with E-state index in [0.29, 0.717) is 18.1 Å². The first-order chi connectivity index (χ1) is 5.65. The van der Waals surface area contributed by atoms with Crippen LogP contribution in [0.5, 0.6) is 0 Å². The monoisotopic (exact) mass is 164 g/mol. The zero-order chi connectivity index (χ0) is 9.14. The maximum Gasteiger partial charge on any atom is 0.158 e. The lowest BCUT2D eigenvalue weighted by molar-refractivity contribution is -0.116. The van der Waals surface area contributed by atoms with E-state index in [1.165, 1.54) is 5.57 Å². The molecule has 66 valence electrons. The molecule has 0 aliphatic heterocycles. The molecule has 0 aromatic heterocycles. The van der Waals surface area contributed by atoms with Gasteiger partial charge in [-0.15, -0.1) is 0 Å². The van der Waals surface area contributed by atoms with Crippen LogP contribution in [0, 0.1) is 5.92 Å². The second-order valence-corrected chi connectivity index (χ2v) is 3.48. The molecule has 1 rings (SSSR count). The van der Waals surface area contributed by atoms with Gasteiger partial charge in [0.05, 0.1) is 0 Å². The lowest BCUT2D eigenvalue weighted by Gasteiger charge is -2.19. The van der Waals surface area contributed by atoms with Gasteiger partial charge in [0.2, 0.25) is 0 Å². The number of carbonyl (C=O) groups excluding carboxylic acids is 1. The fourth-order valence-corrected chi connectivity index (χ4v) is 1.48. The van der Waals surface area contributed by atoms with Gasteiger partial charge in [-0.25, -0.2) is 0 Å². The molecule has 0 heterocycles. The van der Waals surface area contributed by atoms with E-state index in [4.69, 9.17) is 0 Å². The number of rotatable bonds is 1. The predicted molar refractivity (Wildman–Crippen MR) is 50.9 cm³/mol. The van der Waals surface area contributed by atoms with Crippen LogP contribution in [0.25, 0.3) is 0 Å². The largest absolute Gasteiger partial charge is 0.295 e. The molecule has 0 spiro atoms. The van der Waals surface area contributed by atoms with Gasteiger partial charge in [-0.2, -0.15) is 0 Å². The molecule has 0 radical (unpaired) electrons. The second-order valence-electron chi connectivity index (χ2n) is 3.48. The van der Waals surface area contributed by atoms with Gasteiger partial charge in [-0.1, -0.05) is 17.7 Å². The first kappa shape index (κ1) is 9.24. The minimum Gasteiger partial charge on any atom is -0.295 e. The summed E-state index contributed by atoms with van der Waals surface area (Å²) in [6.07, 6.45) is 5.90. The van der Waals surface area contributed by atoms with Gasteiger partial charge in [0.15, 0.2) is 5.78 Å². The van der Waals surface area contributed by atoms with Crippen molar-refractivity contribution in [1.82, 2.24) is 0 Å². The molecule has 1 atom stereocenters. The van der Waals surface area contributed by atoms with Crippen LogP contribution in [0.3, 0.4) is 0 Å². The van der Waals surface area contributed by atoms with Gasteiger partial charge in [-0.05, 0) is 38.7 Å². The van der Waals surface area contributed by atoms with Crippen LogP contribution < -0.4 is 0 Å². The minimum absolute atomic E-state index is 0.312. The third-order valence-corrected chi connectivity index (χ3v) is 2.68. The summed E-state index contributed by atoms with van der Waals surface area (Å²) in [6.45, 7) is 6.04. The van der Waals surface area contributed by atoms with Crippen molar-refractivity contribution in [1.29, 1.82) is 0 Å². The van der Waals surface area contributed by atoms with Crippen molar-refractivity contribution < 1.29 is 4.79 Å². The molecule has 12 heavy (non-hydrogen) atoms. The number of allylic oxidation sites excluding steroid dienone is 4. The first-order valence-corrected chi connectivity index (χ1v) is 4.48. The highest BCUT2D eigenvalue weighted by atomic mass is 16.1. The van der Waals surface area contributed by atoms with Gasteiger partial charge in [0, 0.05) is 6.42 Å². The molecule has 0 bridgehead atoms. The lowest BCUT2D eigenvalue weighted by Crippen LogP contribution is -2.14. The molecule has 0 saturated heterocycles. The molecule has 0 fully saturated rings. The van der Waals surface area contributed by atoms with Gasteiger partial charge >= 0.3 is 0 Å². The zero-order valence-electron chi connectivity index (χ0n) is 8.05. The molecule has 0 aromatic rings. The molecule has 0 amide bonds. The van der Waals surface area contributed by atoms with Crippen molar-refractivity contribution >= 4 is 5.78 Å². The Morgan fingerprint density at radius 3 is 2.83 bits per heavy atom. The Morgan fingerprint density at radius 1 is 1.67 bits per heavy atom. The van der Waals surface area contributed by atoms with E-state index in [1.807, 2.05) is 13.8 Å². The topological polar surface area (TPSA) is 17.1 Å². The third-order valence-electron chi connectivity index (χ3n) is 2.68. The summed E-state index contributed by atoms with van der Waals surface area (Å²) in [7, 11) is 0. The molecule has 0 unspecified atom stereocenters. The van der Waals surface area contributed by atoms with E-state index in [9.17, 15) is 4.79 Å². The highest BCUT2D eigenvalue weighted by Crippen LogP contribution is 2.26. The van der Waals surface area contributed by atoms with Crippen molar-refractivity contribution in [3.63, 3.8) is 0 Å². The number of hydrogen-bond acceptors (Lipinski definition) is 1. The van der Waals surface area contributed by atoms with Crippen LogP contribution in [0.1, 0.15) is 33.6 Å². The fourth-order valence-electron chi connectivity index (χ4n) is 1.48. The lowest BCUT2D eigenvalue weighted by atomic mass is 9.84.